The van der Waals surface area contributed by atoms with E-state index in [1.165, 1.54) is 10.4 Å². The quantitative estimate of drug-likeness (QED) is 0.709. The first-order valence-corrected chi connectivity index (χ1v) is 9.98. The van der Waals surface area contributed by atoms with Gasteiger partial charge in [-0.2, -0.15) is 0 Å². The Kier molecular flexibility index (Phi) is 5.05. The van der Waals surface area contributed by atoms with Crippen molar-refractivity contribution in [2.75, 3.05) is 18.5 Å². The van der Waals surface area contributed by atoms with Crippen LogP contribution in [-0.2, 0) is 17.8 Å². The minimum absolute atomic E-state index is 0.0272. The average Bonchev–Trinajstić information content (AvgIpc) is 3.10. The van der Waals surface area contributed by atoms with Crippen LogP contribution in [0.4, 0.5) is 5.82 Å². The first kappa shape index (κ1) is 17.9. The summed E-state index contributed by atoms with van der Waals surface area (Å²) in [5.41, 5.74) is 2.23. The molecule has 3 aromatic rings. The number of fused-ring (bicyclic) bond motifs is 3. The fourth-order valence-corrected chi connectivity index (χ4v) is 4.76. The van der Waals surface area contributed by atoms with Crippen LogP contribution < -0.4 is 5.32 Å². The Morgan fingerprint density at radius 2 is 2.15 bits per heavy atom. The van der Waals surface area contributed by atoms with Crippen molar-refractivity contribution in [3.63, 3.8) is 0 Å². The van der Waals surface area contributed by atoms with Gasteiger partial charge >= 0.3 is 0 Å². The zero-order valence-corrected chi connectivity index (χ0v) is 16.0. The van der Waals surface area contributed by atoms with E-state index in [2.05, 4.69) is 15.3 Å². The third kappa shape index (κ3) is 3.40. The van der Waals surface area contributed by atoms with Crippen LogP contribution in [0.5, 0.6) is 0 Å². The molecule has 6 nitrogen and oxygen atoms in total. The molecule has 4 rings (SSSR count). The summed E-state index contributed by atoms with van der Waals surface area (Å²) in [7, 11) is 0. The van der Waals surface area contributed by atoms with Crippen LogP contribution in [0.25, 0.3) is 10.2 Å². The number of rotatable bonds is 5. The Morgan fingerprint density at radius 3 is 2.89 bits per heavy atom. The summed E-state index contributed by atoms with van der Waals surface area (Å²) < 4.78 is 0. The van der Waals surface area contributed by atoms with Gasteiger partial charge in [-0.25, -0.2) is 9.97 Å². The summed E-state index contributed by atoms with van der Waals surface area (Å²) in [6.07, 6.45) is 2.89. The third-order valence-corrected chi connectivity index (χ3v) is 6.11. The lowest BCUT2D eigenvalue weighted by Gasteiger charge is -2.27. The molecule has 7 heteroatoms. The van der Waals surface area contributed by atoms with E-state index in [-0.39, 0.29) is 18.6 Å². The summed E-state index contributed by atoms with van der Waals surface area (Å²) in [4.78, 5) is 25.0. The van der Waals surface area contributed by atoms with Gasteiger partial charge in [0.1, 0.15) is 17.0 Å². The summed E-state index contributed by atoms with van der Waals surface area (Å²) in [5, 5.41) is 14.3. The van der Waals surface area contributed by atoms with E-state index in [9.17, 15) is 9.90 Å². The van der Waals surface area contributed by atoms with Gasteiger partial charge in [0.2, 0.25) is 5.91 Å². The molecule has 0 unspecified atom stereocenters. The van der Waals surface area contributed by atoms with E-state index in [0.717, 1.165) is 34.6 Å². The lowest BCUT2D eigenvalue weighted by molar-refractivity contribution is -0.131. The molecule has 3 heterocycles. The molecule has 0 radical (unpaired) electrons. The SMILES string of the molecule is CCC(=O)N1CCc2c(sc3ncnc(N[C@H](CO)c4ccccc4)c23)C1. The van der Waals surface area contributed by atoms with Crippen molar-refractivity contribution in [2.24, 2.45) is 0 Å². The number of thiophene rings is 1. The highest BCUT2D eigenvalue weighted by Crippen LogP contribution is 2.38. The Morgan fingerprint density at radius 1 is 1.33 bits per heavy atom. The maximum Gasteiger partial charge on any atom is 0.222 e. The zero-order valence-electron chi connectivity index (χ0n) is 15.2. The highest BCUT2D eigenvalue weighted by atomic mass is 32.1. The lowest BCUT2D eigenvalue weighted by Crippen LogP contribution is -2.34. The smallest absolute Gasteiger partial charge is 0.222 e. The Bertz CT molecular complexity index is 957. The predicted molar refractivity (Wildman–Crippen MR) is 107 cm³/mol. The second-order valence-corrected chi connectivity index (χ2v) is 7.70. The molecule has 27 heavy (non-hydrogen) atoms. The number of aromatic nitrogens is 2. The van der Waals surface area contributed by atoms with Gasteiger partial charge in [-0.3, -0.25) is 4.79 Å². The van der Waals surface area contributed by atoms with Crippen molar-refractivity contribution in [1.82, 2.24) is 14.9 Å². The number of amides is 1. The van der Waals surface area contributed by atoms with Crippen LogP contribution in [-0.4, -0.2) is 39.0 Å². The molecule has 1 atom stereocenters. The van der Waals surface area contributed by atoms with E-state index in [1.807, 2.05) is 42.2 Å². The number of carbonyl (C=O) groups excluding carboxylic acids is 1. The van der Waals surface area contributed by atoms with Gasteiger partial charge in [0, 0.05) is 17.8 Å². The van der Waals surface area contributed by atoms with E-state index in [0.29, 0.717) is 13.0 Å². The molecular formula is C20H22N4O2S. The molecule has 1 aliphatic heterocycles. The minimum atomic E-state index is -0.235. The number of nitrogens with zero attached hydrogens (tertiary/aromatic N) is 3. The molecular weight excluding hydrogens is 360 g/mol. The topological polar surface area (TPSA) is 78.4 Å². The standard InChI is InChI=1S/C20H22N4O2S/c1-2-17(26)24-9-8-14-16(10-24)27-20-18(14)19(21-12-22-20)23-15(11-25)13-6-4-3-5-7-13/h3-7,12,15,25H,2,8-11H2,1H3,(H,21,22,23)/t15-/m1/s1. The minimum Gasteiger partial charge on any atom is -0.394 e. The molecule has 0 bridgehead atoms. The Balaban J connectivity index is 1.69. The molecule has 1 amide bonds. The number of hydrogen-bond donors (Lipinski definition) is 2. The number of aliphatic hydroxyl groups excluding tert-OH is 1. The van der Waals surface area contributed by atoms with Gasteiger partial charge in [-0.1, -0.05) is 37.3 Å². The fourth-order valence-electron chi connectivity index (χ4n) is 3.56. The lowest BCUT2D eigenvalue weighted by atomic mass is 10.0. The number of benzene rings is 1. The Hall–Kier alpha value is -2.51. The first-order chi connectivity index (χ1) is 13.2. The normalized spacial score (nSPS) is 14.8. The molecule has 0 aliphatic carbocycles. The number of carbonyl (C=O) groups is 1. The molecule has 0 saturated heterocycles. The van der Waals surface area contributed by atoms with Crippen molar-refractivity contribution in [1.29, 1.82) is 0 Å². The number of hydrogen-bond acceptors (Lipinski definition) is 6. The second kappa shape index (κ2) is 7.62. The summed E-state index contributed by atoms with van der Waals surface area (Å²) >= 11 is 1.63. The molecule has 0 spiro atoms. The van der Waals surface area contributed by atoms with E-state index >= 15 is 0 Å². The number of aliphatic hydroxyl groups is 1. The monoisotopic (exact) mass is 382 g/mol. The molecule has 2 N–H and O–H groups in total. The van der Waals surface area contributed by atoms with Crippen LogP contribution in [0.3, 0.4) is 0 Å². The number of nitrogens with one attached hydrogen (secondary N) is 1. The van der Waals surface area contributed by atoms with Gasteiger partial charge in [-0.15, -0.1) is 11.3 Å². The van der Waals surface area contributed by atoms with Gasteiger partial charge in [0.05, 0.1) is 24.6 Å². The van der Waals surface area contributed by atoms with E-state index in [1.54, 1.807) is 17.7 Å². The van der Waals surface area contributed by atoms with E-state index in [4.69, 9.17) is 0 Å². The van der Waals surface area contributed by atoms with Gasteiger partial charge in [0.25, 0.3) is 0 Å². The van der Waals surface area contributed by atoms with Crippen LogP contribution in [0, 0.1) is 0 Å². The van der Waals surface area contributed by atoms with Gasteiger partial charge < -0.3 is 15.3 Å². The van der Waals surface area contributed by atoms with Crippen molar-refractivity contribution in [2.45, 2.75) is 32.4 Å². The van der Waals surface area contributed by atoms with Crippen molar-refractivity contribution in [3.8, 4) is 0 Å². The van der Waals surface area contributed by atoms with Gasteiger partial charge in [-0.05, 0) is 17.5 Å². The highest BCUT2D eigenvalue weighted by molar-refractivity contribution is 7.19. The van der Waals surface area contributed by atoms with Crippen LogP contribution >= 0.6 is 11.3 Å². The molecule has 0 fully saturated rings. The average molecular weight is 382 g/mol. The largest absolute Gasteiger partial charge is 0.394 e. The summed E-state index contributed by atoms with van der Waals surface area (Å²) in [6, 6.07) is 9.62. The first-order valence-electron chi connectivity index (χ1n) is 9.16. The van der Waals surface area contributed by atoms with Crippen LogP contribution in [0.1, 0.15) is 35.4 Å². The summed E-state index contributed by atoms with van der Waals surface area (Å²) in [5.74, 6) is 0.933. The fraction of sp³-hybridized carbons (Fsp3) is 0.350. The van der Waals surface area contributed by atoms with Crippen LogP contribution in [0.15, 0.2) is 36.7 Å². The van der Waals surface area contributed by atoms with Crippen molar-refractivity contribution >= 4 is 33.3 Å². The predicted octanol–water partition coefficient (Wildman–Crippen LogP) is 3.13. The molecule has 140 valence electrons. The highest BCUT2D eigenvalue weighted by Gasteiger charge is 2.26. The van der Waals surface area contributed by atoms with E-state index < -0.39 is 0 Å². The molecule has 1 aliphatic rings. The molecule has 2 aromatic heterocycles. The zero-order chi connectivity index (χ0) is 18.8. The number of anilines is 1. The summed E-state index contributed by atoms with van der Waals surface area (Å²) in [6.45, 7) is 3.24. The van der Waals surface area contributed by atoms with Crippen molar-refractivity contribution < 1.29 is 9.90 Å². The molecule has 0 saturated carbocycles. The maximum atomic E-state index is 12.1. The molecule has 1 aromatic carbocycles. The Labute approximate surface area is 161 Å². The maximum absolute atomic E-state index is 12.1. The second-order valence-electron chi connectivity index (χ2n) is 6.62. The van der Waals surface area contributed by atoms with Crippen LogP contribution in [0.2, 0.25) is 0 Å². The van der Waals surface area contributed by atoms with Crippen molar-refractivity contribution in [3.05, 3.63) is 52.7 Å². The third-order valence-electron chi connectivity index (χ3n) is 4.99. The van der Waals surface area contributed by atoms with Gasteiger partial charge in [0.15, 0.2) is 0 Å².